The number of rotatable bonds is 5. The molecule has 52 heavy (non-hydrogen) atoms. The Morgan fingerprint density at radius 2 is 0.692 bits per heavy atom. The normalized spacial score (nSPS) is 11.5. The molecule has 0 saturated heterocycles. The molecule has 10 rings (SSSR count). The standard InChI is InChI=1S/C49H31N3/c1-3-13-32(14-4-1)33-23-25-34(26-24-33)44-31-45(52-49(51-44)37-15-5-2-6-16-37)35-27-29-36(30-28-35)48-47-41-20-10-8-18-39(41)38-17-7-9-19-40(38)46(47)42-21-11-12-22-43(42)50-48/h1-31H. The molecule has 0 amide bonds. The van der Waals surface area contributed by atoms with Crippen LogP contribution in [0.2, 0.25) is 0 Å². The zero-order valence-corrected chi connectivity index (χ0v) is 28.2. The molecule has 10 aromatic rings. The van der Waals surface area contributed by atoms with Crippen molar-refractivity contribution in [2.24, 2.45) is 0 Å². The molecule has 2 aromatic heterocycles. The quantitative estimate of drug-likeness (QED) is 0.172. The lowest BCUT2D eigenvalue weighted by Gasteiger charge is -2.16. The van der Waals surface area contributed by atoms with Crippen LogP contribution in [-0.2, 0) is 0 Å². The molecule has 3 heteroatoms. The highest BCUT2D eigenvalue weighted by molar-refractivity contribution is 6.33. The van der Waals surface area contributed by atoms with Gasteiger partial charge in [-0.25, -0.2) is 15.0 Å². The average molecular weight is 662 g/mol. The zero-order valence-electron chi connectivity index (χ0n) is 28.2. The monoisotopic (exact) mass is 661 g/mol. The molecule has 0 unspecified atom stereocenters. The first-order chi connectivity index (χ1) is 25.8. The molecular formula is C49H31N3. The summed E-state index contributed by atoms with van der Waals surface area (Å²) in [5, 5.41) is 8.52. The van der Waals surface area contributed by atoms with Crippen molar-refractivity contribution < 1.29 is 0 Å². The van der Waals surface area contributed by atoms with Crippen LogP contribution >= 0.6 is 0 Å². The van der Waals surface area contributed by atoms with Gasteiger partial charge in [0.1, 0.15) is 0 Å². The van der Waals surface area contributed by atoms with Crippen molar-refractivity contribution in [1.29, 1.82) is 0 Å². The maximum absolute atomic E-state index is 5.34. The molecule has 0 aliphatic carbocycles. The van der Waals surface area contributed by atoms with Gasteiger partial charge < -0.3 is 0 Å². The minimum Gasteiger partial charge on any atom is -0.247 e. The molecule has 0 aliphatic heterocycles. The van der Waals surface area contributed by atoms with E-state index in [4.69, 9.17) is 15.0 Å². The Morgan fingerprint density at radius 1 is 0.269 bits per heavy atom. The van der Waals surface area contributed by atoms with E-state index in [-0.39, 0.29) is 0 Å². The number of para-hydroxylation sites is 1. The van der Waals surface area contributed by atoms with Gasteiger partial charge in [0.15, 0.2) is 5.82 Å². The second-order valence-electron chi connectivity index (χ2n) is 13.2. The molecule has 0 aliphatic rings. The molecule has 0 fully saturated rings. The highest BCUT2D eigenvalue weighted by Gasteiger charge is 2.18. The Kier molecular flexibility index (Phi) is 7.14. The summed E-state index contributed by atoms with van der Waals surface area (Å²) < 4.78 is 0. The second kappa shape index (κ2) is 12.4. The molecule has 0 N–H and O–H groups in total. The van der Waals surface area contributed by atoms with Crippen LogP contribution in [-0.4, -0.2) is 15.0 Å². The van der Waals surface area contributed by atoms with E-state index in [1.165, 1.54) is 48.8 Å². The number of pyridine rings is 1. The van der Waals surface area contributed by atoms with E-state index in [0.717, 1.165) is 44.9 Å². The molecule has 0 spiro atoms. The topological polar surface area (TPSA) is 38.7 Å². The van der Waals surface area contributed by atoms with E-state index >= 15 is 0 Å². The van der Waals surface area contributed by atoms with Crippen LogP contribution in [0.15, 0.2) is 188 Å². The highest BCUT2D eigenvalue weighted by atomic mass is 14.9. The van der Waals surface area contributed by atoms with Crippen LogP contribution in [0.5, 0.6) is 0 Å². The lowest BCUT2D eigenvalue weighted by atomic mass is 9.90. The van der Waals surface area contributed by atoms with Crippen molar-refractivity contribution in [2.45, 2.75) is 0 Å². The predicted octanol–water partition coefficient (Wildman–Crippen LogP) is 12.8. The fraction of sp³-hybridized carbons (Fsp3) is 0. The molecule has 0 saturated carbocycles. The van der Waals surface area contributed by atoms with Crippen LogP contribution in [0.25, 0.3) is 99.5 Å². The van der Waals surface area contributed by atoms with Crippen LogP contribution in [0.4, 0.5) is 0 Å². The Balaban J connectivity index is 1.13. The van der Waals surface area contributed by atoms with E-state index in [1.54, 1.807) is 0 Å². The Hall–Kier alpha value is -6.97. The molecule has 8 aromatic carbocycles. The van der Waals surface area contributed by atoms with Gasteiger partial charge in [-0.15, -0.1) is 0 Å². The fourth-order valence-corrected chi connectivity index (χ4v) is 7.56. The van der Waals surface area contributed by atoms with Crippen LogP contribution in [0.1, 0.15) is 0 Å². The molecule has 0 atom stereocenters. The number of benzene rings is 8. The lowest BCUT2D eigenvalue weighted by Crippen LogP contribution is -1.96. The second-order valence-corrected chi connectivity index (χ2v) is 13.2. The first-order valence-corrected chi connectivity index (χ1v) is 17.6. The smallest absolute Gasteiger partial charge is 0.160 e. The summed E-state index contributed by atoms with van der Waals surface area (Å²) in [6.45, 7) is 0. The predicted molar refractivity (Wildman–Crippen MR) is 217 cm³/mol. The van der Waals surface area contributed by atoms with Crippen molar-refractivity contribution in [3.05, 3.63) is 188 Å². The molecule has 3 nitrogen and oxygen atoms in total. The zero-order chi connectivity index (χ0) is 34.4. The third-order valence-corrected chi connectivity index (χ3v) is 10.1. The summed E-state index contributed by atoms with van der Waals surface area (Å²) >= 11 is 0. The summed E-state index contributed by atoms with van der Waals surface area (Å²) in [6, 6.07) is 66.1. The first kappa shape index (κ1) is 29.9. The number of fused-ring (bicyclic) bond motifs is 8. The highest BCUT2D eigenvalue weighted by Crippen LogP contribution is 2.43. The number of aromatic nitrogens is 3. The van der Waals surface area contributed by atoms with Gasteiger partial charge in [-0.1, -0.05) is 176 Å². The van der Waals surface area contributed by atoms with Gasteiger partial charge in [-0.3, -0.25) is 0 Å². The largest absolute Gasteiger partial charge is 0.247 e. The van der Waals surface area contributed by atoms with Gasteiger partial charge >= 0.3 is 0 Å². The van der Waals surface area contributed by atoms with Gasteiger partial charge in [0.05, 0.1) is 22.6 Å². The van der Waals surface area contributed by atoms with Crippen molar-refractivity contribution >= 4 is 43.2 Å². The summed E-state index contributed by atoms with van der Waals surface area (Å²) in [5.41, 5.74) is 10.2. The van der Waals surface area contributed by atoms with Gasteiger partial charge in [-0.2, -0.15) is 0 Å². The van der Waals surface area contributed by atoms with Crippen LogP contribution < -0.4 is 0 Å². The van der Waals surface area contributed by atoms with Crippen molar-refractivity contribution in [3.63, 3.8) is 0 Å². The SMILES string of the molecule is c1ccc(-c2ccc(-c3cc(-c4ccc(-c5nc6ccccc6c6c7ccccc7c7ccccc7c56)cc4)nc(-c4ccccc4)n3)cc2)cc1. The maximum atomic E-state index is 5.34. The van der Waals surface area contributed by atoms with Gasteiger partial charge in [0.25, 0.3) is 0 Å². The van der Waals surface area contributed by atoms with Gasteiger partial charge in [0, 0.05) is 38.4 Å². The van der Waals surface area contributed by atoms with Gasteiger partial charge in [-0.05, 0) is 44.8 Å². The summed E-state index contributed by atoms with van der Waals surface area (Å²) in [5.74, 6) is 0.699. The Labute approximate surface area is 301 Å². The number of nitrogens with zero attached hydrogens (tertiary/aromatic N) is 3. The van der Waals surface area contributed by atoms with Crippen molar-refractivity contribution in [3.8, 4) is 56.3 Å². The third-order valence-electron chi connectivity index (χ3n) is 10.1. The minimum atomic E-state index is 0.699. The van der Waals surface area contributed by atoms with E-state index in [1.807, 2.05) is 24.3 Å². The first-order valence-electron chi connectivity index (χ1n) is 17.6. The molecule has 242 valence electrons. The molecular weight excluding hydrogens is 631 g/mol. The van der Waals surface area contributed by atoms with E-state index in [0.29, 0.717) is 5.82 Å². The minimum absolute atomic E-state index is 0.699. The van der Waals surface area contributed by atoms with Gasteiger partial charge in [0.2, 0.25) is 0 Å². The van der Waals surface area contributed by atoms with E-state index < -0.39 is 0 Å². The van der Waals surface area contributed by atoms with Crippen LogP contribution in [0.3, 0.4) is 0 Å². The van der Waals surface area contributed by atoms with E-state index in [2.05, 4.69) is 164 Å². The molecule has 0 bridgehead atoms. The Morgan fingerprint density at radius 3 is 1.29 bits per heavy atom. The number of hydrogen-bond donors (Lipinski definition) is 0. The summed E-state index contributed by atoms with van der Waals surface area (Å²) in [7, 11) is 0. The van der Waals surface area contributed by atoms with Crippen molar-refractivity contribution in [2.75, 3.05) is 0 Å². The number of hydrogen-bond acceptors (Lipinski definition) is 3. The fourth-order valence-electron chi connectivity index (χ4n) is 7.56. The average Bonchev–Trinajstić information content (AvgIpc) is 3.24. The van der Waals surface area contributed by atoms with E-state index in [9.17, 15) is 0 Å². The van der Waals surface area contributed by atoms with Crippen molar-refractivity contribution in [1.82, 2.24) is 15.0 Å². The van der Waals surface area contributed by atoms with Crippen LogP contribution in [0, 0.1) is 0 Å². The lowest BCUT2D eigenvalue weighted by molar-refractivity contribution is 1.18. The maximum Gasteiger partial charge on any atom is 0.160 e. The summed E-state index contributed by atoms with van der Waals surface area (Å²) in [4.78, 5) is 15.5. The Bertz CT molecular complexity index is 2920. The third kappa shape index (κ3) is 5.10. The molecule has 2 heterocycles. The summed E-state index contributed by atoms with van der Waals surface area (Å²) in [6.07, 6.45) is 0. The molecule has 0 radical (unpaired) electrons.